The molecule has 88 valence electrons. The summed E-state index contributed by atoms with van der Waals surface area (Å²) in [6, 6.07) is 4.19. The first-order valence-corrected chi connectivity index (χ1v) is 6.12. The molecule has 0 bridgehead atoms. The Bertz CT molecular complexity index is 396. The van der Waals surface area contributed by atoms with Crippen molar-refractivity contribution in [3.8, 4) is 0 Å². The number of nitrogens with zero attached hydrogens (tertiary/aromatic N) is 1. The van der Waals surface area contributed by atoms with Gasteiger partial charge in [0.2, 0.25) is 5.91 Å². The zero-order valence-corrected chi connectivity index (χ0v) is 11.4. The van der Waals surface area contributed by atoms with Crippen LogP contribution in [0.25, 0.3) is 6.08 Å². The van der Waals surface area contributed by atoms with Crippen LogP contribution >= 0.6 is 11.3 Å². The smallest absolute Gasteiger partial charge is 0.246 e. The highest BCUT2D eigenvalue weighted by atomic mass is 32.1. The predicted molar refractivity (Wildman–Crippen MR) is 70.7 cm³/mol. The average molecular weight is 237 g/mol. The number of thiophene rings is 1. The zero-order chi connectivity index (χ0) is 12.3. The van der Waals surface area contributed by atoms with Gasteiger partial charge in [0.05, 0.1) is 0 Å². The molecule has 0 N–H and O–H groups in total. The van der Waals surface area contributed by atoms with Crippen LogP contribution in [0.5, 0.6) is 0 Å². The molecular weight excluding hydrogens is 218 g/mol. The van der Waals surface area contributed by atoms with Crippen LogP contribution in [0.3, 0.4) is 0 Å². The molecule has 0 saturated heterocycles. The molecule has 0 radical (unpaired) electrons. The van der Waals surface area contributed by atoms with Gasteiger partial charge in [0, 0.05) is 29.9 Å². The van der Waals surface area contributed by atoms with E-state index in [0.717, 1.165) is 4.88 Å². The van der Waals surface area contributed by atoms with Crippen molar-refractivity contribution in [1.29, 1.82) is 0 Å². The number of carbonyl (C=O) groups excluding carboxylic acids is 1. The molecule has 0 unspecified atom stereocenters. The van der Waals surface area contributed by atoms with Crippen molar-refractivity contribution in [1.82, 2.24) is 4.90 Å². The molecule has 1 aromatic rings. The standard InChI is InChI=1S/C13H19NOS/c1-13(2,3)11-8-6-10(16-11)7-9-12(15)14(4)5/h6-9H,1-5H3/b9-7+. The predicted octanol–water partition coefficient (Wildman–Crippen LogP) is 3.15. The third-order valence-corrected chi connectivity index (χ3v) is 3.67. The van der Waals surface area contributed by atoms with E-state index in [1.54, 1.807) is 36.4 Å². The maximum absolute atomic E-state index is 11.4. The van der Waals surface area contributed by atoms with Gasteiger partial charge in [-0.05, 0) is 23.6 Å². The molecule has 3 heteroatoms. The van der Waals surface area contributed by atoms with E-state index < -0.39 is 0 Å². The topological polar surface area (TPSA) is 20.3 Å². The van der Waals surface area contributed by atoms with Crippen molar-refractivity contribution < 1.29 is 4.79 Å². The summed E-state index contributed by atoms with van der Waals surface area (Å²) >= 11 is 1.74. The molecule has 0 aliphatic carbocycles. The van der Waals surface area contributed by atoms with Gasteiger partial charge in [0.1, 0.15) is 0 Å². The zero-order valence-electron chi connectivity index (χ0n) is 10.6. The lowest BCUT2D eigenvalue weighted by Gasteiger charge is -2.15. The van der Waals surface area contributed by atoms with E-state index in [4.69, 9.17) is 0 Å². The maximum Gasteiger partial charge on any atom is 0.246 e. The molecule has 16 heavy (non-hydrogen) atoms. The van der Waals surface area contributed by atoms with E-state index in [2.05, 4.69) is 32.9 Å². The number of hydrogen-bond donors (Lipinski definition) is 0. The van der Waals surface area contributed by atoms with Crippen molar-refractivity contribution in [3.63, 3.8) is 0 Å². The summed E-state index contributed by atoms with van der Waals surface area (Å²) in [5.41, 5.74) is 0.183. The van der Waals surface area contributed by atoms with E-state index in [0.29, 0.717) is 0 Å². The van der Waals surface area contributed by atoms with E-state index in [-0.39, 0.29) is 11.3 Å². The highest BCUT2D eigenvalue weighted by molar-refractivity contribution is 7.13. The molecular formula is C13H19NOS. The summed E-state index contributed by atoms with van der Waals surface area (Å²) in [6.45, 7) is 6.58. The third kappa shape index (κ3) is 3.49. The highest BCUT2D eigenvalue weighted by Crippen LogP contribution is 2.29. The molecule has 1 heterocycles. The van der Waals surface area contributed by atoms with Gasteiger partial charge in [-0.1, -0.05) is 20.8 Å². The molecule has 0 aromatic carbocycles. The van der Waals surface area contributed by atoms with Crippen molar-refractivity contribution in [2.45, 2.75) is 26.2 Å². The van der Waals surface area contributed by atoms with Gasteiger partial charge in [-0.2, -0.15) is 0 Å². The van der Waals surface area contributed by atoms with Crippen LogP contribution in [-0.2, 0) is 10.2 Å². The first kappa shape index (κ1) is 13.0. The molecule has 0 fully saturated rings. The van der Waals surface area contributed by atoms with Gasteiger partial charge in [0.25, 0.3) is 0 Å². The summed E-state index contributed by atoms with van der Waals surface area (Å²) in [5, 5.41) is 0. The Morgan fingerprint density at radius 2 is 1.94 bits per heavy atom. The number of hydrogen-bond acceptors (Lipinski definition) is 2. The largest absolute Gasteiger partial charge is 0.345 e. The fraction of sp³-hybridized carbons (Fsp3) is 0.462. The molecule has 0 aliphatic rings. The fourth-order valence-corrected chi connectivity index (χ4v) is 2.12. The Labute approximate surface area is 102 Å². The van der Waals surface area contributed by atoms with Crippen LogP contribution < -0.4 is 0 Å². The first-order valence-electron chi connectivity index (χ1n) is 5.30. The van der Waals surface area contributed by atoms with Crippen LogP contribution in [-0.4, -0.2) is 24.9 Å². The lowest BCUT2D eigenvalue weighted by molar-refractivity contribution is -0.123. The Morgan fingerprint density at radius 1 is 1.31 bits per heavy atom. The number of likely N-dealkylation sites (N-methyl/N-ethyl adjacent to an activating group) is 1. The molecule has 0 aliphatic heterocycles. The Hall–Kier alpha value is -1.09. The molecule has 0 spiro atoms. The lowest BCUT2D eigenvalue weighted by Crippen LogP contribution is -2.18. The second-order valence-electron chi connectivity index (χ2n) is 5.02. The quantitative estimate of drug-likeness (QED) is 0.724. The Balaban J connectivity index is 2.77. The van der Waals surface area contributed by atoms with Crippen LogP contribution in [0.15, 0.2) is 18.2 Å². The monoisotopic (exact) mass is 237 g/mol. The second kappa shape index (κ2) is 4.83. The normalized spacial score (nSPS) is 12.1. The van der Waals surface area contributed by atoms with Crippen molar-refractivity contribution in [3.05, 3.63) is 28.0 Å². The average Bonchev–Trinajstić information content (AvgIpc) is 2.61. The van der Waals surface area contributed by atoms with Crippen molar-refractivity contribution >= 4 is 23.3 Å². The molecule has 1 aromatic heterocycles. The Kier molecular flexibility index (Phi) is 3.92. The summed E-state index contributed by atoms with van der Waals surface area (Å²) in [7, 11) is 3.50. The summed E-state index contributed by atoms with van der Waals surface area (Å²) < 4.78 is 0. The minimum atomic E-state index is 0.0192. The van der Waals surface area contributed by atoms with Crippen molar-refractivity contribution in [2.75, 3.05) is 14.1 Å². The molecule has 1 rings (SSSR count). The van der Waals surface area contributed by atoms with Gasteiger partial charge >= 0.3 is 0 Å². The van der Waals surface area contributed by atoms with E-state index >= 15 is 0 Å². The number of amides is 1. The number of carbonyl (C=O) groups is 1. The van der Waals surface area contributed by atoms with Crippen LogP contribution in [0.1, 0.15) is 30.5 Å². The SMILES string of the molecule is CN(C)C(=O)/C=C/c1ccc(C(C)(C)C)s1. The minimum Gasteiger partial charge on any atom is -0.345 e. The summed E-state index contributed by atoms with van der Waals surface area (Å²) in [4.78, 5) is 15.4. The van der Waals surface area contributed by atoms with Gasteiger partial charge in [0.15, 0.2) is 0 Å². The fourth-order valence-electron chi connectivity index (χ4n) is 1.15. The number of rotatable bonds is 2. The molecule has 2 nitrogen and oxygen atoms in total. The highest BCUT2D eigenvalue weighted by Gasteiger charge is 2.15. The van der Waals surface area contributed by atoms with E-state index in [1.807, 2.05) is 6.08 Å². The van der Waals surface area contributed by atoms with Gasteiger partial charge < -0.3 is 4.90 Å². The van der Waals surface area contributed by atoms with E-state index in [1.165, 1.54) is 4.88 Å². The van der Waals surface area contributed by atoms with E-state index in [9.17, 15) is 4.79 Å². The third-order valence-electron chi connectivity index (χ3n) is 2.20. The lowest BCUT2D eigenvalue weighted by atomic mass is 9.95. The van der Waals surface area contributed by atoms with Crippen molar-refractivity contribution in [2.24, 2.45) is 0 Å². The first-order chi connectivity index (χ1) is 7.30. The van der Waals surface area contributed by atoms with Gasteiger partial charge in [-0.3, -0.25) is 4.79 Å². The van der Waals surface area contributed by atoms with Crippen LogP contribution in [0.2, 0.25) is 0 Å². The Morgan fingerprint density at radius 3 is 2.38 bits per heavy atom. The summed E-state index contributed by atoms with van der Waals surface area (Å²) in [5.74, 6) is 0.0192. The van der Waals surface area contributed by atoms with Crippen LogP contribution in [0.4, 0.5) is 0 Å². The second-order valence-corrected chi connectivity index (χ2v) is 6.13. The molecule has 0 saturated carbocycles. The maximum atomic E-state index is 11.4. The molecule has 1 amide bonds. The minimum absolute atomic E-state index is 0.0192. The van der Waals surface area contributed by atoms with Crippen LogP contribution in [0, 0.1) is 0 Å². The van der Waals surface area contributed by atoms with Gasteiger partial charge in [-0.25, -0.2) is 0 Å². The molecule has 0 atom stereocenters. The summed E-state index contributed by atoms with van der Waals surface area (Å²) in [6.07, 6.45) is 3.49. The van der Waals surface area contributed by atoms with Gasteiger partial charge in [-0.15, -0.1) is 11.3 Å².